The van der Waals surface area contributed by atoms with E-state index in [-0.39, 0.29) is 24.6 Å². The molecular weight excluding hydrogens is 180 g/mol. The van der Waals surface area contributed by atoms with Crippen LogP contribution in [-0.2, 0) is 4.74 Å². The van der Waals surface area contributed by atoms with Gasteiger partial charge in [0.1, 0.15) is 6.10 Å². The molecule has 1 aliphatic rings. The van der Waals surface area contributed by atoms with Crippen molar-refractivity contribution in [1.29, 1.82) is 0 Å². The zero-order valence-electron chi connectivity index (χ0n) is 6.86. The molecular formula is C7H15ClN2O2. The molecule has 0 aromatic rings. The van der Waals surface area contributed by atoms with Gasteiger partial charge in [-0.2, -0.15) is 0 Å². The molecule has 1 fully saturated rings. The predicted octanol–water partition coefficient (Wildman–Crippen LogP) is 0.773. The first kappa shape index (κ1) is 11.5. The Balaban J connectivity index is 0.00000121. The van der Waals surface area contributed by atoms with Gasteiger partial charge in [0, 0.05) is 6.04 Å². The minimum absolute atomic E-state index is 0. The number of nitrogens with two attached hydrogens (primary N) is 2. The Morgan fingerprint density at radius 1 is 1.25 bits per heavy atom. The van der Waals surface area contributed by atoms with E-state index in [0.717, 1.165) is 25.7 Å². The number of rotatable bonds is 1. The number of carbonyl (C=O) groups excluding carboxylic acids is 1. The number of hydrogen-bond acceptors (Lipinski definition) is 3. The molecule has 1 amide bonds. The summed E-state index contributed by atoms with van der Waals surface area (Å²) < 4.78 is 4.82. The van der Waals surface area contributed by atoms with E-state index in [2.05, 4.69) is 0 Å². The topological polar surface area (TPSA) is 78.3 Å². The van der Waals surface area contributed by atoms with Crippen LogP contribution in [0.5, 0.6) is 0 Å². The highest BCUT2D eigenvalue weighted by Gasteiger charge is 2.20. The van der Waals surface area contributed by atoms with Gasteiger partial charge in [-0.3, -0.25) is 0 Å². The van der Waals surface area contributed by atoms with Crippen LogP contribution in [0.4, 0.5) is 4.79 Å². The number of hydrogen-bond donors (Lipinski definition) is 2. The Morgan fingerprint density at radius 2 is 1.75 bits per heavy atom. The van der Waals surface area contributed by atoms with Crippen molar-refractivity contribution in [1.82, 2.24) is 0 Å². The van der Waals surface area contributed by atoms with E-state index in [1.807, 2.05) is 0 Å². The lowest BCUT2D eigenvalue weighted by atomic mass is 9.94. The molecule has 0 bridgehead atoms. The van der Waals surface area contributed by atoms with Crippen LogP contribution in [0.1, 0.15) is 25.7 Å². The van der Waals surface area contributed by atoms with Crippen molar-refractivity contribution in [3.63, 3.8) is 0 Å². The summed E-state index contributed by atoms with van der Waals surface area (Å²) in [4.78, 5) is 10.3. The molecule has 5 heteroatoms. The highest BCUT2D eigenvalue weighted by atomic mass is 35.5. The summed E-state index contributed by atoms with van der Waals surface area (Å²) in [6, 6.07) is 0.280. The minimum atomic E-state index is -0.675. The summed E-state index contributed by atoms with van der Waals surface area (Å²) in [7, 11) is 0. The fourth-order valence-electron chi connectivity index (χ4n) is 1.37. The Bertz CT molecular complexity index is 146. The highest BCUT2D eigenvalue weighted by Crippen LogP contribution is 2.19. The maximum Gasteiger partial charge on any atom is 0.404 e. The summed E-state index contributed by atoms with van der Waals surface area (Å²) in [5, 5.41) is 0. The van der Waals surface area contributed by atoms with Gasteiger partial charge in [0.2, 0.25) is 0 Å². The summed E-state index contributed by atoms with van der Waals surface area (Å²) in [5.41, 5.74) is 10.5. The van der Waals surface area contributed by atoms with Crippen molar-refractivity contribution in [3.8, 4) is 0 Å². The first-order chi connectivity index (χ1) is 5.18. The van der Waals surface area contributed by atoms with Gasteiger partial charge in [0.05, 0.1) is 0 Å². The molecule has 4 nitrogen and oxygen atoms in total. The van der Waals surface area contributed by atoms with Crippen molar-refractivity contribution in [2.24, 2.45) is 11.5 Å². The highest BCUT2D eigenvalue weighted by molar-refractivity contribution is 5.85. The molecule has 72 valence electrons. The Hall–Kier alpha value is -0.480. The molecule has 4 N–H and O–H groups in total. The summed E-state index contributed by atoms with van der Waals surface area (Å²) in [5.74, 6) is 0. The van der Waals surface area contributed by atoms with Gasteiger partial charge in [0.15, 0.2) is 0 Å². The molecule has 1 saturated carbocycles. The predicted molar refractivity (Wildman–Crippen MR) is 48.1 cm³/mol. The molecule has 0 radical (unpaired) electrons. The number of carbonyl (C=O) groups is 1. The van der Waals surface area contributed by atoms with Gasteiger partial charge < -0.3 is 16.2 Å². The molecule has 0 heterocycles. The second kappa shape index (κ2) is 5.22. The minimum Gasteiger partial charge on any atom is -0.446 e. The van der Waals surface area contributed by atoms with Gasteiger partial charge in [-0.05, 0) is 25.7 Å². The van der Waals surface area contributed by atoms with Crippen molar-refractivity contribution in [3.05, 3.63) is 0 Å². The molecule has 0 aliphatic heterocycles. The molecule has 12 heavy (non-hydrogen) atoms. The van der Waals surface area contributed by atoms with E-state index in [1.54, 1.807) is 0 Å². The van der Waals surface area contributed by atoms with Gasteiger partial charge in [-0.25, -0.2) is 4.79 Å². The standard InChI is InChI=1S/C7H14N2O2.ClH/c8-5-1-3-6(4-2-5)11-7(9)10;/h5-6H,1-4,8H2,(H2,9,10);1H. The summed E-state index contributed by atoms with van der Waals surface area (Å²) >= 11 is 0. The van der Waals surface area contributed by atoms with Crippen LogP contribution in [0.25, 0.3) is 0 Å². The SMILES string of the molecule is Cl.NC(=O)OC1CCC(N)CC1. The maximum atomic E-state index is 10.3. The lowest BCUT2D eigenvalue weighted by molar-refractivity contribution is 0.0791. The van der Waals surface area contributed by atoms with Crippen molar-refractivity contribution in [2.45, 2.75) is 37.8 Å². The third kappa shape index (κ3) is 3.78. The van der Waals surface area contributed by atoms with Crippen molar-refractivity contribution in [2.75, 3.05) is 0 Å². The molecule has 0 unspecified atom stereocenters. The van der Waals surface area contributed by atoms with Gasteiger partial charge >= 0.3 is 6.09 Å². The Kier molecular flexibility index (Phi) is 5.01. The molecule has 0 atom stereocenters. The van der Waals surface area contributed by atoms with E-state index >= 15 is 0 Å². The maximum absolute atomic E-state index is 10.3. The van der Waals surface area contributed by atoms with Crippen LogP contribution in [0.2, 0.25) is 0 Å². The van der Waals surface area contributed by atoms with Gasteiger partial charge in [0.25, 0.3) is 0 Å². The van der Waals surface area contributed by atoms with E-state index in [0.29, 0.717) is 0 Å². The molecule has 1 rings (SSSR count). The fourth-order valence-corrected chi connectivity index (χ4v) is 1.37. The van der Waals surface area contributed by atoms with Crippen LogP contribution in [-0.4, -0.2) is 18.2 Å². The zero-order valence-corrected chi connectivity index (χ0v) is 7.68. The third-order valence-electron chi connectivity index (χ3n) is 2.00. The van der Waals surface area contributed by atoms with Crippen LogP contribution < -0.4 is 11.5 Å². The fraction of sp³-hybridized carbons (Fsp3) is 0.857. The quantitative estimate of drug-likeness (QED) is 0.648. The largest absolute Gasteiger partial charge is 0.446 e. The van der Waals surface area contributed by atoms with Crippen molar-refractivity contribution >= 4 is 18.5 Å². The lowest BCUT2D eigenvalue weighted by Gasteiger charge is -2.24. The smallest absolute Gasteiger partial charge is 0.404 e. The van der Waals surface area contributed by atoms with E-state index in [9.17, 15) is 4.79 Å². The molecule has 0 aromatic carbocycles. The molecule has 1 aliphatic carbocycles. The number of halogens is 1. The summed E-state index contributed by atoms with van der Waals surface area (Å²) in [6.45, 7) is 0. The Labute approximate surface area is 78.0 Å². The normalized spacial score (nSPS) is 28.8. The first-order valence-electron chi connectivity index (χ1n) is 3.90. The van der Waals surface area contributed by atoms with Gasteiger partial charge in [-0.15, -0.1) is 12.4 Å². The Morgan fingerprint density at radius 3 is 2.17 bits per heavy atom. The summed E-state index contributed by atoms with van der Waals surface area (Å²) in [6.07, 6.45) is 2.89. The first-order valence-corrected chi connectivity index (χ1v) is 3.90. The average Bonchev–Trinajstić information content (AvgIpc) is 1.93. The third-order valence-corrected chi connectivity index (χ3v) is 2.00. The number of amides is 1. The van der Waals surface area contributed by atoms with E-state index in [1.165, 1.54) is 0 Å². The lowest BCUT2D eigenvalue weighted by Crippen LogP contribution is -2.32. The molecule has 0 spiro atoms. The van der Waals surface area contributed by atoms with E-state index < -0.39 is 6.09 Å². The average molecular weight is 195 g/mol. The van der Waals surface area contributed by atoms with Crippen molar-refractivity contribution < 1.29 is 9.53 Å². The number of primary amides is 1. The molecule has 0 saturated heterocycles. The number of ether oxygens (including phenoxy) is 1. The van der Waals surface area contributed by atoms with Crippen LogP contribution in [0.15, 0.2) is 0 Å². The second-order valence-corrected chi connectivity index (χ2v) is 2.97. The van der Waals surface area contributed by atoms with Crippen LogP contribution in [0.3, 0.4) is 0 Å². The molecule has 0 aromatic heterocycles. The monoisotopic (exact) mass is 194 g/mol. The van der Waals surface area contributed by atoms with Gasteiger partial charge in [-0.1, -0.05) is 0 Å². The van der Waals surface area contributed by atoms with E-state index in [4.69, 9.17) is 16.2 Å². The van der Waals surface area contributed by atoms with Crippen LogP contribution >= 0.6 is 12.4 Å². The van der Waals surface area contributed by atoms with Crippen LogP contribution in [0, 0.1) is 0 Å². The zero-order chi connectivity index (χ0) is 8.27. The second-order valence-electron chi connectivity index (χ2n) is 2.97.